The number of nitrogens with one attached hydrogen (secondary N) is 1. The van der Waals surface area contributed by atoms with Gasteiger partial charge in [-0.25, -0.2) is 0 Å². The molecule has 5 nitrogen and oxygen atoms in total. The number of aryl methyl sites for hydroxylation is 1. The predicted octanol–water partition coefficient (Wildman–Crippen LogP) is 3.84. The minimum atomic E-state index is -0.162. The van der Waals surface area contributed by atoms with Gasteiger partial charge >= 0.3 is 0 Å². The molecule has 122 valence electrons. The standard InChI is InChI=1S/C19H18N2O3/c1-13-3-7-15(8-4-13)17-12-20-24-19(17)21-18(22)11-14-5-9-16(23-2)10-6-14/h3-10,12H,11H2,1-2H3,(H,21,22). The topological polar surface area (TPSA) is 64.4 Å². The SMILES string of the molecule is COc1ccc(CC(=O)Nc2oncc2-c2ccc(C)cc2)cc1. The number of aromatic nitrogens is 1. The van der Waals surface area contributed by atoms with Crippen molar-refractivity contribution < 1.29 is 14.1 Å². The summed E-state index contributed by atoms with van der Waals surface area (Å²) in [4.78, 5) is 12.2. The van der Waals surface area contributed by atoms with E-state index in [2.05, 4.69) is 10.5 Å². The Morgan fingerprint density at radius 2 is 1.83 bits per heavy atom. The average molecular weight is 322 g/mol. The van der Waals surface area contributed by atoms with Crippen molar-refractivity contribution in [2.75, 3.05) is 12.4 Å². The Labute approximate surface area is 140 Å². The first-order valence-electron chi connectivity index (χ1n) is 7.60. The summed E-state index contributed by atoms with van der Waals surface area (Å²) in [7, 11) is 1.61. The molecule has 5 heteroatoms. The molecule has 1 N–H and O–H groups in total. The summed E-state index contributed by atoms with van der Waals surface area (Å²) in [6.07, 6.45) is 1.85. The van der Waals surface area contributed by atoms with Gasteiger partial charge in [-0.05, 0) is 30.2 Å². The van der Waals surface area contributed by atoms with E-state index in [0.29, 0.717) is 5.88 Å². The minimum Gasteiger partial charge on any atom is -0.497 e. The summed E-state index contributed by atoms with van der Waals surface area (Å²) in [6.45, 7) is 2.02. The van der Waals surface area contributed by atoms with Crippen molar-refractivity contribution in [2.24, 2.45) is 0 Å². The number of nitrogens with zero attached hydrogens (tertiary/aromatic N) is 1. The van der Waals surface area contributed by atoms with Gasteiger partial charge in [-0.1, -0.05) is 47.1 Å². The highest BCUT2D eigenvalue weighted by Gasteiger charge is 2.14. The van der Waals surface area contributed by atoms with Gasteiger partial charge in [0.1, 0.15) is 5.75 Å². The molecule has 0 aliphatic carbocycles. The molecule has 0 aliphatic rings. The lowest BCUT2D eigenvalue weighted by Gasteiger charge is -2.06. The molecule has 1 heterocycles. The molecule has 3 aromatic rings. The zero-order valence-corrected chi connectivity index (χ0v) is 13.6. The van der Waals surface area contributed by atoms with Crippen molar-refractivity contribution in [3.8, 4) is 16.9 Å². The number of ether oxygens (including phenoxy) is 1. The summed E-state index contributed by atoms with van der Waals surface area (Å²) in [5, 5.41) is 6.58. The number of methoxy groups -OCH3 is 1. The number of carbonyl (C=O) groups is 1. The normalized spacial score (nSPS) is 10.4. The number of benzene rings is 2. The van der Waals surface area contributed by atoms with Gasteiger partial charge in [0.2, 0.25) is 11.8 Å². The molecule has 0 spiro atoms. The summed E-state index contributed by atoms with van der Waals surface area (Å²) >= 11 is 0. The maximum absolute atomic E-state index is 12.2. The van der Waals surface area contributed by atoms with Gasteiger partial charge in [0.05, 0.1) is 25.3 Å². The molecule has 3 rings (SSSR count). The molecule has 0 radical (unpaired) electrons. The Bertz CT molecular complexity index is 821. The molecule has 0 bridgehead atoms. The fourth-order valence-electron chi connectivity index (χ4n) is 2.37. The van der Waals surface area contributed by atoms with Gasteiger partial charge in [0.15, 0.2) is 0 Å². The first-order chi connectivity index (χ1) is 11.7. The molecule has 0 saturated heterocycles. The van der Waals surface area contributed by atoms with Gasteiger partial charge in [-0.2, -0.15) is 0 Å². The van der Waals surface area contributed by atoms with E-state index in [0.717, 1.165) is 22.4 Å². The number of anilines is 1. The minimum absolute atomic E-state index is 0.162. The molecule has 0 atom stereocenters. The lowest BCUT2D eigenvalue weighted by atomic mass is 10.1. The third-order valence-electron chi connectivity index (χ3n) is 3.71. The first kappa shape index (κ1) is 15.8. The van der Waals surface area contributed by atoms with Crippen LogP contribution in [0.3, 0.4) is 0 Å². The molecule has 0 aliphatic heterocycles. The highest BCUT2D eigenvalue weighted by Crippen LogP contribution is 2.28. The van der Waals surface area contributed by atoms with Crippen LogP contribution < -0.4 is 10.1 Å². The van der Waals surface area contributed by atoms with E-state index in [9.17, 15) is 4.79 Å². The van der Waals surface area contributed by atoms with Crippen LogP contribution in [-0.4, -0.2) is 18.2 Å². The number of hydrogen-bond donors (Lipinski definition) is 1. The summed E-state index contributed by atoms with van der Waals surface area (Å²) in [6, 6.07) is 15.3. The summed E-state index contributed by atoms with van der Waals surface area (Å²) < 4.78 is 10.3. The summed E-state index contributed by atoms with van der Waals surface area (Å²) in [5.74, 6) is 0.957. The Morgan fingerprint density at radius 3 is 2.50 bits per heavy atom. The molecule has 0 fully saturated rings. The third kappa shape index (κ3) is 3.63. The van der Waals surface area contributed by atoms with Crippen LogP contribution in [0.25, 0.3) is 11.1 Å². The van der Waals surface area contributed by atoms with Crippen LogP contribution in [0.5, 0.6) is 5.75 Å². The second-order valence-corrected chi connectivity index (χ2v) is 5.51. The van der Waals surface area contributed by atoms with Crippen molar-refractivity contribution in [1.82, 2.24) is 5.16 Å². The van der Waals surface area contributed by atoms with Crippen molar-refractivity contribution in [1.29, 1.82) is 0 Å². The molecule has 2 aromatic carbocycles. The number of amides is 1. The second kappa shape index (κ2) is 7.00. The summed E-state index contributed by atoms with van der Waals surface area (Å²) in [5.41, 5.74) is 3.77. The highest BCUT2D eigenvalue weighted by atomic mass is 16.5. The van der Waals surface area contributed by atoms with Gasteiger partial charge in [0.25, 0.3) is 0 Å². The van der Waals surface area contributed by atoms with Gasteiger partial charge in [-0.3, -0.25) is 10.1 Å². The van der Waals surface area contributed by atoms with E-state index in [1.807, 2.05) is 55.5 Å². The maximum atomic E-state index is 12.2. The number of carbonyl (C=O) groups excluding carboxylic acids is 1. The first-order valence-corrected chi connectivity index (χ1v) is 7.60. The van der Waals surface area contributed by atoms with Crippen molar-refractivity contribution in [3.05, 3.63) is 65.9 Å². The average Bonchev–Trinajstić information content (AvgIpc) is 3.04. The zero-order chi connectivity index (χ0) is 16.9. The quantitative estimate of drug-likeness (QED) is 0.775. The molecule has 1 aromatic heterocycles. The van der Waals surface area contributed by atoms with E-state index in [-0.39, 0.29) is 12.3 Å². The Hall–Kier alpha value is -3.08. The van der Waals surface area contributed by atoms with E-state index in [1.165, 1.54) is 5.56 Å². The number of hydrogen-bond acceptors (Lipinski definition) is 4. The third-order valence-corrected chi connectivity index (χ3v) is 3.71. The Kier molecular flexibility index (Phi) is 4.61. The monoisotopic (exact) mass is 322 g/mol. The highest BCUT2D eigenvalue weighted by molar-refractivity contribution is 5.94. The van der Waals surface area contributed by atoms with Gasteiger partial charge < -0.3 is 9.26 Å². The molecular formula is C19H18N2O3. The molecule has 24 heavy (non-hydrogen) atoms. The van der Waals surface area contributed by atoms with Crippen LogP contribution in [0.1, 0.15) is 11.1 Å². The van der Waals surface area contributed by atoms with E-state index < -0.39 is 0 Å². The maximum Gasteiger partial charge on any atom is 0.239 e. The van der Waals surface area contributed by atoms with Crippen molar-refractivity contribution >= 4 is 11.8 Å². The smallest absolute Gasteiger partial charge is 0.239 e. The van der Waals surface area contributed by atoms with Crippen molar-refractivity contribution in [3.63, 3.8) is 0 Å². The van der Waals surface area contributed by atoms with Crippen LogP contribution in [0.15, 0.2) is 59.3 Å². The molecule has 0 saturated carbocycles. The fraction of sp³-hybridized carbons (Fsp3) is 0.158. The van der Waals surface area contributed by atoms with Crippen LogP contribution in [0, 0.1) is 6.92 Å². The molecular weight excluding hydrogens is 304 g/mol. The largest absolute Gasteiger partial charge is 0.497 e. The van der Waals surface area contributed by atoms with E-state index in [1.54, 1.807) is 13.3 Å². The van der Waals surface area contributed by atoms with Crippen molar-refractivity contribution in [2.45, 2.75) is 13.3 Å². The van der Waals surface area contributed by atoms with Crippen LogP contribution in [-0.2, 0) is 11.2 Å². The number of rotatable bonds is 5. The van der Waals surface area contributed by atoms with E-state index >= 15 is 0 Å². The van der Waals surface area contributed by atoms with Gasteiger partial charge in [-0.15, -0.1) is 0 Å². The Morgan fingerprint density at radius 1 is 1.12 bits per heavy atom. The lowest BCUT2D eigenvalue weighted by Crippen LogP contribution is -2.14. The lowest BCUT2D eigenvalue weighted by molar-refractivity contribution is -0.115. The van der Waals surface area contributed by atoms with Crippen LogP contribution >= 0.6 is 0 Å². The predicted molar refractivity (Wildman–Crippen MR) is 92.0 cm³/mol. The van der Waals surface area contributed by atoms with Crippen LogP contribution in [0.4, 0.5) is 5.88 Å². The molecule has 1 amide bonds. The second-order valence-electron chi connectivity index (χ2n) is 5.51. The van der Waals surface area contributed by atoms with E-state index in [4.69, 9.17) is 9.26 Å². The van der Waals surface area contributed by atoms with Gasteiger partial charge in [0, 0.05) is 0 Å². The molecule has 0 unspecified atom stereocenters. The Balaban J connectivity index is 1.70. The van der Waals surface area contributed by atoms with Crippen LogP contribution in [0.2, 0.25) is 0 Å². The fourth-order valence-corrected chi connectivity index (χ4v) is 2.37. The zero-order valence-electron chi connectivity index (χ0n) is 13.6.